The van der Waals surface area contributed by atoms with Crippen molar-refractivity contribution in [1.29, 1.82) is 0 Å². The molecule has 1 aromatic carbocycles. The van der Waals surface area contributed by atoms with E-state index in [1.165, 1.54) is 5.56 Å². The summed E-state index contributed by atoms with van der Waals surface area (Å²) < 4.78 is 5.38. The molecule has 2 N–H and O–H groups in total. The van der Waals surface area contributed by atoms with Crippen molar-refractivity contribution in [3.8, 4) is 0 Å². The molecule has 1 amide bonds. The van der Waals surface area contributed by atoms with Gasteiger partial charge in [0, 0.05) is 32.8 Å². The summed E-state index contributed by atoms with van der Waals surface area (Å²) in [6, 6.07) is 10.3. The Morgan fingerprint density at radius 2 is 2.00 bits per heavy atom. The van der Waals surface area contributed by atoms with Crippen molar-refractivity contribution in [3.63, 3.8) is 0 Å². The summed E-state index contributed by atoms with van der Waals surface area (Å²) in [5.41, 5.74) is 0.0567. The monoisotopic (exact) mass is 360 g/mol. The Balaban J connectivity index is 1.43. The van der Waals surface area contributed by atoms with Crippen LogP contribution >= 0.6 is 0 Å². The minimum Gasteiger partial charge on any atom is -0.381 e. The summed E-state index contributed by atoms with van der Waals surface area (Å²) in [5.74, 6) is 0.490. The van der Waals surface area contributed by atoms with Gasteiger partial charge in [0.1, 0.15) is 0 Å². The second-order valence-corrected chi connectivity index (χ2v) is 7.70. The molecule has 1 aromatic rings. The predicted molar refractivity (Wildman–Crippen MR) is 102 cm³/mol. The van der Waals surface area contributed by atoms with Crippen LogP contribution in [-0.4, -0.2) is 60.9 Å². The van der Waals surface area contributed by atoms with Crippen LogP contribution in [0.5, 0.6) is 0 Å². The first-order valence-electron chi connectivity index (χ1n) is 10.0. The van der Waals surface area contributed by atoms with Crippen LogP contribution in [0.25, 0.3) is 0 Å². The maximum absolute atomic E-state index is 12.8. The van der Waals surface area contributed by atoms with E-state index in [1.807, 2.05) is 23.1 Å². The fraction of sp³-hybridized carbons (Fsp3) is 0.667. The molecule has 0 unspecified atom stereocenters. The largest absolute Gasteiger partial charge is 0.381 e. The molecule has 5 heteroatoms. The summed E-state index contributed by atoms with van der Waals surface area (Å²) >= 11 is 0. The van der Waals surface area contributed by atoms with E-state index in [4.69, 9.17) is 4.74 Å². The molecule has 1 atom stereocenters. The number of piperidine rings is 1. The van der Waals surface area contributed by atoms with Crippen molar-refractivity contribution in [2.24, 2.45) is 5.92 Å². The quantitative estimate of drug-likeness (QED) is 0.744. The lowest BCUT2D eigenvalue weighted by Gasteiger charge is -2.38. The molecule has 0 radical (unpaired) electrons. The zero-order valence-electron chi connectivity index (χ0n) is 15.7. The number of hydrogen-bond acceptors (Lipinski definition) is 4. The van der Waals surface area contributed by atoms with Crippen LogP contribution in [0.15, 0.2) is 30.3 Å². The van der Waals surface area contributed by atoms with Gasteiger partial charge in [0.05, 0.1) is 0 Å². The SMILES string of the molecule is O=C1N(CCCc2ccccc2)CCC[C@]1(O)CNCC1CCOCC1. The third kappa shape index (κ3) is 5.29. The summed E-state index contributed by atoms with van der Waals surface area (Å²) in [6.07, 6.45) is 5.44. The lowest BCUT2D eigenvalue weighted by molar-refractivity contribution is -0.156. The fourth-order valence-corrected chi connectivity index (χ4v) is 3.99. The molecule has 2 aliphatic rings. The molecular weight excluding hydrogens is 328 g/mol. The Morgan fingerprint density at radius 1 is 1.23 bits per heavy atom. The number of benzene rings is 1. The maximum atomic E-state index is 12.8. The van der Waals surface area contributed by atoms with Crippen molar-refractivity contribution in [2.75, 3.05) is 39.4 Å². The molecule has 0 bridgehead atoms. The van der Waals surface area contributed by atoms with Gasteiger partial charge in [-0.1, -0.05) is 30.3 Å². The minimum atomic E-state index is -1.24. The van der Waals surface area contributed by atoms with Crippen molar-refractivity contribution in [1.82, 2.24) is 10.2 Å². The van der Waals surface area contributed by atoms with Gasteiger partial charge in [-0.3, -0.25) is 4.79 Å². The average molecular weight is 360 g/mol. The number of aryl methyl sites for hydroxylation is 1. The lowest BCUT2D eigenvalue weighted by atomic mass is 9.91. The number of ether oxygens (including phenoxy) is 1. The number of hydrogen-bond donors (Lipinski definition) is 2. The van der Waals surface area contributed by atoms with Gasteiger partial charge in [-0.25, -0.2) is 0 Å². The molecule has 144 valence electrons. The van der Waals surface area contributed by atoms with Gasteiger partial charge in [0.25, 0.3) is 5.91 Å². The van der Waals surface area contributed by atoms with E-state index in [2.05, 4.69) is 17.4 Å². The number of aliphatic hydroxyl groups is 1. The van der Waals surface area contributed by atoms with Crippen molar-refractivity contribution >= 4 is 5.91 Å². The standard InChI is InChI=1S/C21H32N2O3/c24-20-21(25,17-22-16-19-9-14-26-15-10-19)11-5-13-23(20)12-4-8-18-6-2-1-3-7-18/h1-3,6-7,19,22,25H,4-5,8-17H2/t21-/m0/s1. The van der Waals surface area contributed by atoms with E-state index in [1.54, 1.807) is 0 Å². The van der Waals surface area contributed by atoms with Crippen LogP contribution in [-0.2, 0) is 16.0 Å². The Kier molecular flexibility index (Phi) is 7.06. The molecular formula is C21H32N2O3. The number of carbonyl (C=O) groups excluding carboxylic acids is 1. The third-order valence-corrected chi connectivity index (χ3v) is 5.63. The zero-order valence-corrected chi connectivity index (χ0v) is 15.7. The number of nitrogens with one attached hydrogen (secondary N) is 1. The van der Waals surface area contributed by atoms with Gasteiger partial charge < -0.3 is 20.1 Å². The highest BCUT2D eigenvalue weighted by Crippen LogP contribution is 2.23. The van der Waals surface area contributed by atoms with E-state index >= 15 is 0 Å². The number of carbonyl (C=O) groups is 1. The van der Waals surface area contributed by atoms with Gasteiger partial charge in [0.15, 0.2) is 5.60 Å². The smallest absolute Gasteiger partial charge is 0.255 e. The molecule has 0 aliphatic carbocycles. The van der Waals surface area contributed by atoms with Gasteiger partial charge in [-0.2, -0.15) is 0 Å². The van der Waals surface area contributed by atoms with Crippen LogP contribution in [0.3, 0.4) is 0 Å². The first-order valence-corrected chi connectivity index (χ1v) is 10.0. The minimum absolute atomic E-state index is 0.101. The summed E-state index contributed by atoms with van der Waals surface area (Å²) in [7, 11) is 0. The van der Waals surface area contributed by atoms with Crippen LogP contribution in [0.4, 0.5) is 0 Å². The van der Waals surface area contributed by atoms with Crippen LogP contribution < -0.4 is 5.32 Å². The Bertz CT molecular complexity index is 560. The van der Waals surface area contributed by atoms with E-state index in [0.717, 1.165) is 65.0 Å². The molecule has 0 spiro atoms. The van der Waals surface area contributed by atoms with Gasteiger partial charge >= 0.3 is 0 Å². The number of amides is 1. The first-order chi connectivity index (χ1) is 12.7. The molecule has 2 heterocycles. The molecule has 26 heavy (non-hydrogen) atoms. The van der Waals surface area contributed by atoms with Crippen molar-refractivity contribution in [3.05, 3.63) is 35.9 Å². The first kappa shape index (κ1) is 19.3. The highest BCUT2D eigenvalue weighted by Gasteiger charge is 2.41. The van der Waals surface area contributed by atoms with Gasteiger partial charge in [0.2, 0.25) is 0 Å². The Hall–Kier alpha value is -1.43. The topological polar surface area (TPSA) is 61.8 Å². The lowest BCUT2D eigenvalue weighted by Crippen LogP contribution is -2.58. The maximum Gasteiger partial charge on any atom is 0.255 e. The van der Waals surface area contributed by atoms with E-state index < -0.39 is 5.60 Å². The molecule has 0 saturated carbocycles. The third-order valence-electron chi connectivity index (χ3n) is 5.63. The van der Waals surface area contributed by atoms with Crippen LogP contribution in [0, 0.1) is 5.92 Å². The molecule has 3 rings (SSSR count). The van der Waals surface area contributed by atoms with Gasteiger partial charge in [-0.15, -0.1) is 0 Å². The van der Waals surface area contributed by atoms with Gasteiger partial charge in [-0.05, 0) is 56.6 Å². The summed E-state index contributed by atoms with van der Waals surface area (Å²) in [6.45, 7) is 4.34. The van der Waals surface area contributed by atoms with Crippen LogP contribution in [0.1, 0.15) is 37.7 Å². The Morgan fingerprint density at radius 3 is 2.77 bits per heavy atom. The van der Waals surface area contributed by atoms with Crippen molar-refractivity contribution < 1.29 is 14.6 Å². The second kappa shape index (κ2) is 9.49. The zero-order chi connectivity index (χ0) is 18.2. The molecule has 2 fully saturated rings. The highest BCUT2D eigenvalue weighted by atomic mass is 16.5. The molecule has 0 aromatic heterocycles. The van der Waals surface area contributed by atoms with E-state index in [0.29, 0.717) is 18.9 Å². The highest BCUT2D eigenvalue weighted by molar-refractivity contribution is 5.86. The van der Waals surface area contributed by atoms with Crippen LogP contribution in [0.2, 0.25) is 0 Å². The normalized spacial score (nSPS) is 24.8. The van der Waals surface area contributed by atoms with Crippen molar-refractivity contribution in [2.45, 2.75) is 44.1 Å². The number of nitrogens with zero attached hydrogens (tertiary/aromatic N) is 1. The van der Waals surface area contributed by atoms with E-state index in [9.17, 15) is 9.90 Å². The average Bonchev–Trinajstić information content (AvgIpc) is 2.67. The predicted octanol–water partition coefficient (Wildman–Crippen LogP) is 1.99. The van der Waals surface area contributed by atoms with E-state index in [-0.39, 0.29) is 5.91 Å². The molecule has 2 aliphatic heterocycles. The second-order valence-electron chi connectivity index (χ2n) is 7.70. The summed E-state index contributed by atoms with van der Waals surface area (Å²) in [4.78, 5) is 14.6. The Labute approximate surface area is 156 Å². The number of rotatable bonds is 8. The number of likely N-dealkylation sites (tertiary alicyclic amines) is 1. The summed E-state index contributed by atoms with van der Waals surface area (Å²) in [5, 5.41) is 14.2. The fourth-order valence-electron chi connectivity index (χ4n) is 3.99. The molecule has 2 saturated heterocycles. The molecule has 5 nitrogen and oxygen atoms in total.